The smallest absolute Gasteiger partial charge is 0.550 e. The second-order valence-electron chi connectivity index (χ2n) is 14.5. The second-order valence-corrected chi connectivity index (χ2v) is 16.6. The molecule has 51 heavy (non-hydrogen) atoms. The van der Waals surface area contributed by atoms with Crippen LogP contribution >= 0.6 is 22.7 Å². The maximum atomic E-state index is 10.3. The van der Waals surface area contributed by atoms with Crippen LogP contribution in [-0.4, -0.2) is 60.8 Å². The summed E-state index contributed by atoms with van der Waals surface area (Å²) in [4.78, 5) is 23.6. The van der Waals surface area contributed by atoms with Gasteiger partial charge in [-0.2, -0.15) is 0 Å². The molecule has 0 bridgehead atoms. The van der Waals surface area contributed by atoms with Crippen LogP contribution in [0.3, 0.4) is 0 Å². The average Bonchev–Trinajstić information content (AvgIpc) is 3.83. The molecule has 0 aliphatic carbocycles. The molecule has 0 aliphatic heterocycles. The molecule has 7 heteroatoms. The van der Waals surface area contributed by atoms with Crippen molar-refractivity contribution < 1.29 is 19.8 Å². The van der Waals surface area contributed by atoms with Crippen LogP contribution in [-0.2, 0) is 22.4 Å². The van der Waals surface area contributed by atoms with Gasteiger partial charge >= 0.3 is 48.9 Å². The largest absolute Gasteiger partial charge is 2.00 e. The first-order chi connectivity index (χ1) is 24.6. The molecule has 0 spiro atoms. The summed E-state index contributed by atoms with van der Waals surface area (Å²) in [6.45, 7) is 0. The molecule has 0 fully saturated rings. The van der Waals surface area contributed by atoms with Gasteiger partial charge in [-0.1, -0.05) is 179 Å². The number of aryl methyl sites for hydroxylation is 2. The molecule has 0 radical (unpaired) electrons. The number of aliphatic carboxylic acids is 2. The first kappa shape index (κ1) is 50.9. The molecule has 288 valence electrons. The van der Waals surface area contributed by atoms with Crippen LogP contribution in [0.5, 0.6) is 0 Å². The van der Waals surface area contributed by atoms with Crippen molar-refractivity contribution in [2.75, 3.05) is 0 Å². The standard InChI is InChI=1S/2C22H38O2S.Ba/c2*23-22(24)19-15-13-11-9-7-5-3-1-2-4-6-8-10-12-14-17-21-18-16-20-25-21;/h2*16,18,20H,1-15,17,19H2,(H,23,24);/q;;+2/p-2. The fourth-order valence-electron chi connectivity index (χ4n) is 6.64. The number of rotatable bonds is 36. The zero-order valence-corrected chi connectivity index (χ0v) is 38.7. The Bertz CT molecular complexity index is 886. The molecular weight excluding hydrogens is 794 g/mol. The zero-order chi connectivity index (χ0) is 36.0. The molecule has 0 amide bonds. The molecule has 0 saturated carbocycles. The minimum Gasteiger partial charge on any atom is -0.550 e. The van der Waals surface area contributed by atoms with Crippen LogP contribution < -0.4 is 10.2 Å². The van der Waals surface area contributed by atoms with Crippen molar-refractivity contribution in [1.29, 1.82) is 0 Å². The van der Waals surface area contributed by atoms with Crippen molar-refractivity contribution in [2.24, 2.45) is 0 Å². The summed E-state index contributed by atoms with van der Waals surface area (Å²) in [6.07, 6.45) is 42.0. The van der Waals surface area contributed by atoms with E-state index in [1.165, 1.54) is 190 Å². The minimum absolute atomic E-state index is 0. The molecule has 0 unspecified atom stereocenters. The quantitative estimate of drug-likeness (QED) is 0.0505. The van der Waals surface area contributed by atoms with Gasteiger partial charge in [0.25, 0.3) is 0 Å². The maximum Gasteiger partial charge on any atom is 2.00 e. The third-order valence-electron chi connectivity index (χ3n) is 9.77. The number of carboxylic acids is 2. The average molecular weight is 869 g/mol. The van der Waals surface area contributed by atoms with Crippen LogP contribution in [0.1, 0.15) is 215 Å². The Morgan fingerprint density at radius 2 is 0.588 bits per heavy atom. The molecule has 0 N–H and O–H groups in total. The molecule has 0 saturated heterocycles. The van der Waals surface area contributed by atoms with Gasteiger partial charge in [0.1, 0.15) is 0 Å². The Hall–Kier alpha value is -0.0886. The Labute approximate surface area is 362 Å². The van der Waals surface area contributed by atoms with Crippen molar-refractivity contribution >= 4 is 83.5 Å². The van der Waals surface area contributed by atoms with Gasteiger partial charge in [-0.05, 0) is 74.3 Å². The maximum absolute atomic E-state index is 10.3. The topological polar surface area (TPSA) is 80.3 Å². The van der Waals surface area contributed by atoms with Gasteiger partial charge in [0.2, 0.25) is 0 Å². The van der Waals surface area contributed by atoms with Crippen molar-refractivity contribution in [3.63, 3.8) is 0 Å². The Balaban J connectivity index is 0.000000962. The van der Waals surface area contributed by atoms with Crippen LogP contribution in [0.15, 0.2) is 35.0 Å². The number of hydrogen-bond donors (Lipinski definition) is 0. The third kappa shape index (κ3) is 39.4. The van der Waals surface area contributed by atoms with Gasteiger partial charge < -0.3 is 19.8 Å². The van der Waals surface area contributed by atoms with E-state index in [1.807, 2.05) is 22.7 Å². The van der Waals surface area contributed by atoms with Gasteiger partial charge in [-0.3, -0.25) is 0 Å². The number of thiophene rings is 2. The molecule has 0 aromatic carbocycles. The van der Waals surface area contributed by atoms with Gasteiger partial charge in [-0.25, -0.2) is 0 Å². The number of carbonyl (C=O) groups is 2. The fraction of sp³-hybridized carbons (Fsp3) is 0.773. The number of carboxylic acid groups (broad SMARTS) is 2. The summed E-state index contributed by atoms with van der Waals surface area (Å²) >= 11 is 3.78. The van der Waals surface area contributed by atoms with Crippen LogP contribution in [0.25, 0.3) is 0 Å². The monoisotopic (exact) mass is 868 g/mol. The molecule has 0 atom stereocenters. The van der Waals surface area contributed by atoms with E-state index in [0.717, 1.165) is 25.7 Å². The van der Waals surface area contributed by atoms with Gasteiger partial charge in [0.05, 0.1) is 0 Å². The van der Waals surface area contributed by atoms with Crippen molar-refractivity contribution in [2.45, 2.75) is 218 Å². The van der Waals surface area contributed by atoms with Gasteiger partial charge in [0, 0.05) is 21.7 Å². The molecule has 0 aliphatic rings. The summed E-state index contributed by atoms with van der Waals surface area (Å²) in [7, 11) is 0. The van der Waals surface area contributed by atoms with Gasteiger partial charge in [0.15, 0.2) is 0 Å². The minimum atomic E-state index is -0.904. The van der Waals surface area contributed by atoms with E-state index < -0.39 is 11.9 Å². The van der Waals surface area contributed by atoms with E-state index in [4.69, 9.17) is 0 Å². The Morgan fingerprint density at radius 3 is 0.784 bits per heavy atom. The summed E-state index contributed by atoms with van der Waals surface area (Å²) < 4.78 is 0. The number of carbonyl (C=O) groups excluding carboxylic acids is 2. The van der Waals surface area contributed by atoms with Crippen molar-refractivity contribution in [1.82, 2.24) is 0 Å². The predicted octanol–water partition coefficient (Wildman–Crippen LogP) is 12.2. The zero-order valence-electron chi connectivity index (χ0n) is 32.7. The molecule has 4 nitrogen and oxygen atoms in total. The van der Waals surface area contributed by atoms with E-state index in [2.05, 4.69) is 35.0 Å². The third-order valence-corrected chi connectivity index (χ3v) is 11.6. The summed E-state index contributed by atoms with van der Waals surface area (Å²) in [5.74, 6) is -1.81. The van der Waals surface area contributed by atoms with E-state index in [9.17, 15) is 19.8 Å². The molecule has 2 rings (SSSR count). The Kier molecular flexibility index (Phi) is 41.0. The van der Waals surface area contributed by atoms with Crippen molar-refractivity contribution in [3.8, 4) is 0 Å². The van der Waals surface area contributed by atoms with Crippen LogP contribution in [0.2, 0.25) is 0 Å². The summed E-state index contributed by atoms with van der Waals surface area (Å²) in [5.41, 5.74) is 0. The number of unbranched alkanes of at least 4 members (excludes halogenated alkanes) is 28. The summed E-state index contributed by atoms with van der Waals surface area (Å²) in [6, 6.07) is 8.81. The molecule has 2 heterocycles. The predicted molar refractivity (Wildman–Crippen MR) is 220 cm³/mol. The van der Waals surface area contributed by atoms with E-state index in [-0.39, 0.29) is 61.7 Å². The van der Waals surface area contributed by atoms with Gasteiger partial charge in [-0.15, -0.1) is 22.7 Å². The van der Waals surface area contributed by atoms with E-state index in [1.54, 1.807) is 0 Å². The molecular formula is C44H74BaO4S2. The first-order valence-corrected chi connectivity index (χ1v) is 22.8. The molecule has 2 aromatic rings. The van der Waals surface area contributed by atoms with E-state index in [0.29, 0.717) is 0 Å². The fourth-order valence-corrected chi connectivity index (χ4v) is 8.15. The second kappa shape index (κ2) is 41.1. The molecule has 2 aromatic heterocycles. The number of hydrogen-bond acceptors (Lipinski definition) is 6. The SMILES string of the molecule is O=C([O-])CCCCCCCCCCCCCCCCCc1cccs1.O=C([O-])CCCCCCCCCCCCCCCCCc1cccs1.[Ba+2]. The first-order valence-electron chi connectivity index (χ1n) is 21.0. The van der Waals surface area contributed by atoms with Crippen LogP contribution in [0.4, 0.5) is 0 Å². The van der Waals surface area contributed by atoms with Crippen molar-refractivity contribution in [3.05, 3.63) is 44.8 Å². The summed E-state index contributed by atoms with van der Waals surface area (Å²) in [5, 5.41) is 24.9. The van der Waals surface area contributed by atoms with E-state index >= 15 is 0 Å². The van der Waals surface area contributed by atoms with Crippen LogP contribution in [0, 0.1) is 0 Å². The Morgan fingerprint density at radius 1 is 0.373 bits per heavy atom. The normalized spacial score (nSPS) is 10.8.